The van der Waals surface area contributed by atoms with Gasteiger partial charge < -0.3 is 25.0 Å². The molecular formula is C47H47F3N8O5S. The number of allylic oxidation sites excluding steroid dienone is 1. The fourth-order valence-corrected chi connectivity index (χ4v) is 11.4. The van der Waals surface area contributed by atoms with Crippen LogP contribution >= 0.6 is 0 Å². The molecule has 332 valence electrons. The number of amides is 2. The number of fused-ring (bicyclic) bond motifs is 2. The van der Waals surface area contributed by atoms with Gasteiger partial charge in [0.25, 0.3) is 5.91 Å². The Bertz CT molecular complexity index is 2850. The van der Waals surface area contributed by atoms with Crippen LogP contribution in [0, 0.1) is 17.0 Å². The van der Waals surface area contributed by atoms with Gasteiger partial charge in [-0.1, -0.05) is 30.8 Å². The first-order valence-electron chi connectivity index (χ1n) is 21.7. The van der Waals surface area contributed by atoms with Crippen molar-refractivity contribution < 1.29 is 36.0 Å². The highest BCUT2D eigenvalue weighted by Crippen LogP contribution is 2.42. The fraction of sp³-hybridized carbons (Fsp3) is 0.362. The molecular weight excluding hydrogens is 846 g/mol. The Morgan fingerprint density at radius 1 is 0.984 bits per heavy atom. The number of alkyl halides is 1. The van der Waals surface area contributed by atoms with Crippen LogP contribution in [0.15, 0.2) is 85.3 Å². The zero-order valence-electron chi connectivity index (χ0n) is 35.0. The van der Waals surface area contributed by atoms with E-state index < -0.39 is 51.1 Å². The van der Waals surface area contributed by atoms with Crippen LogP contribution in [0.5, 0.6) is 0 Å². The molecule has 0 bridgehead atoms. The van der Waals surface area contributed by atoms with Gasteiger partial charge in [0.05, 0.1) is 11.3 Å². The van der Waals surface area contributed by atoms with Crippen LogP contribution in [0.2, 0.25) is 0 Å². The summed E-state index contributed by atoms with van der Waals surface area (Å²) >= 11 is 0. The van der Waals surface area contributed by atoms with Gasteiger partial charge >= 0.3 is 10.2 Å². The number of H-pyrrole nitrogens is 1. The zero-order valence-corrected chi connectivity index (χ0v) is 35.8. The number of anilines is 2. The number of nitrogens with zero attached hydrogens (tertiary/aromatic N) is 5. The van der Waals surface area contributed by atoms with Crippen LogP contribution in [0.4, 0.5) is 24.5 Å². The molecule has 3 aromatic carbocycles. The van der Waals surface area contributed by atoms with E-state index in [1.165, 1.54) is 11.8 Å². The van der Waals surface area contributed by atoms with Crippen molar-refractivity contribution in [3.63, 3.8) is 0 Å². The second-order valence-corrected chi connectivity index (χ2v) is 19.6. The van der Waals surface area contributed by atoms with Gasteiger partial charge in [-0.15, -0.1) is 0 Å². The van der Waals surface area contributed by atoms with Crippen molar-refractivity contribution >= 4 is 50.2 Å². The van der Waals surface area contributed by atoms with E-state index in [2.05, 4.69) is 49.9 Å². The molecule has 2 atom stereocenters. The number of ketones is 1. The maximum atomic E-state index is 15.8. The second kappa shape index (κ2) is 16.2. The van der Waals surface area contributed by atoms with Crippen LogP contribution in [-0.4, -0.2) is 108 Å². The molecule has 17 heteroatoms. The first kappa shape index (κ1) is 41.9. The summed E-state index contributed by atoms with van der Waals surface area (Å²) in [7, 11) is -4.35. The number of aryl methyl sites for hydroxylation is 1. The molecule has 64 heavy (non-hydrogen) atoms. The SMILES string of the molecule is C=C1CCC(N2Cc3cc(CCCN4CCC5(C4)CN(c4ccc(-c6cnc7[nH]cc(C(=O)c8c(F)ccc(NS(=O)(=O)N9CC[C@@H](F)C9)c8F)c7c6)cc4)C5)ccc3C2=O)C(=O)N1. The van der Waals surface area contributed by atoms with E-state index in [-0.39, 0.29) is 42.3 Å². The van der Waals surface area contributed by atoms with Crippen LogP contribution in [0.25, 0.3) is 22.2 Å². The van der Waals surface area contributed by atoms with E-state index in [1.807, 2.05) is 29.0 Å². The minimum Gasteiger partial charge on any atom is -0.370 e. The standard InChI is InChI=1S/C47H47F3N8O5S/c1-28-4-13-40(45(60)53-28)58-23-32-19-29(5-10-35(32)46(58)61)3-2-16-55-18-15-47(25-55)26-56(27-47)34-8-6-30(7-9-34)31-20-36-37(22-52-44(36)51-21-31)43(59)41-38(49)11-12-39(42(41)50)54-64(62,63)57-17-14-33(48)24-57/h5-12,19-22,33,40,54H,1-4,13-18,23-27H2,(H,51,52)(H,53,60)/t33-,40?/m1/s1. The van der Waals surface area contributed by atoms with E-state index in [9.17, 15) is 27.2 Å². The van der Waals surface area contributed by atoms with E-state index in [1.54, 1.807) is 17.2 Å². The minimum atomic E-state index is -4.35. The van der Waals surface area contributed by atoms with Crippen LogP contribution < -0.4 is 14.9 Å². The molecule has 0 aliphatic carbocycles. The van der Waals surface area contributed by atoms with Crippen molar-refractivity contribution in [1.29, 1.82) is 0 Å². The Morgan fingerprint density at radius 2 is 1.80 bits per heavy atom. The number of hydrogen-bond acceptors (Lipinski definition) is 8. The van der Waals surface area contributed by atoms with Gasteiger partial charge in [-0.3, -0.25) is 19.1 Å². The highest BCUT2D eigenvalue weighted by Gasteiger charge is 2.47. The summed E-state index contributed by atoms with van der Waals surface area (Å²) in [5.41, 5.74) is 5.19. The number of rotatable bonds is 12. The number of likely N-dealkylation sites (tertiary alicyclic amines) is 1. The van der Waals surface area contributed by atoms with Crippen LogP contribution in [0.1, 0.15) is 69.5 Å². The number of piperidine rings is 1. The monoisotopic (exact) mass is 892 g/mol. The van der Waals surface area contributed by atoms with Crippen LogP contribution in [0.3, 0.4) is 0 Å². The van der Waals surface area contributed by atoms with Gasteiger partial charge in [0.15, 0.2) is 5.82 Å². The average Bonchev–Trinajstić information content (AvgIpc) is 4.07. The lowest BCUT2D eigenvalue weighted by Crippen LogP contribution is -2.57. The number of carbonyl (C=O) groups is 3. The Kier molecular flexibility index (Phi) is 10.6. The van der Waals surface area contributed by atoms with Gasteiger partial charge in [-0.05, 0) is 105 Å². The molecule has 0 radical (unpaired) electrons. The maximum Gasteiger partial charge on any atom is 0.301 e. The summed E-state index contributed by atoms with van der Waals surface area (Å²) in [4.78, 5) is 53.4. The third-order valence-corrected chi connectivity index (χ3v) is 15.0. The molecule has 13 nitrogen and oxygen atoms in total. The Hall–Kier alpha value is -6.04. The highest BCUT2D eigenvalue weighted by atomic mass is 32.2. The number of benzene rings is 3. The van der Waals surface area contributed by atoms with Crippen molar-refractivity contribution in [2.75, 3.05) is 55.4 Å². The van der Waals surface area contributed by atoms with Gasteiger partial charge in [-0.2, -0.15) is 12.7 Å². The topological polar surface area (TPSA) is 151 Å². The summed E-state index contributed by atoms with van der Waals surface area (Å²) in [6, 6.07) is 17.1. The Morgan fingerprint density at radius 3 is 2.56 bits per heavy atom. The van der Waals surface area contributed by atoms with Crippen molar-refractivity contribution in [3.05, 3.63) is 125 Å². The third-order valence-electron chi connectivity index (χ3n) is 13.5. The molecule has 5 aliphatic heterocycles. The lowest BCUT2D eigenvalue weighted by Gasteiger charge is -2.49. The zero-order chi connectivity index (χ0) is 44.5. The number of pyridine rings is 1. The highest BCUT2D eigenvalue weighted by molar-refractivity contribution is 7.90. The number of hydrogen-bond donors (Lipinski definition) is 3. The molecule has 4 fully saturated rings. The first-order chi connectivity index (χ1) is 30.7. The van der Waals surface area contributed by atoms with E-state index in [0.717, 1.165) is 85.2 Å². The smallest absolute Gasteiger partial charge is 0.301 e. The largest absolute Gasteiger partial charge is 0.370 e. The summed E-state index contributed by atoms with van der Waals surface area (Å²) in [5.74, 6) is -3.77. The molecule has 10 rings (SSSR count). The van der Waals surface area contributed by atoms with E-state index >= 15 is 8.78 Å². The molecule has 3 N–H and O–H groups in total. The van der Waals surface area contributed by atoms with Gasteiger partial charge in [0, 0.05) is 90.5 Å². The first-order valence-corrected chi connectivity index (χ1v) is 23.1. The van der Waals surface area contributed by atoms with Gasteiger partial charge in [0.2, 0.25) is 11.7 Å². The maximum absolute atomic E-state index is 15.8. The number of halogens is 3. The summed E-state index contributed by atoms with van der Waals surface area (Å²) in [5, 5.41) is 3.14. The molecule has 7 heterocycles. The molecule has 5 aliphatic rings. The van der Waals surface area contributed by atoms with Crippen LogP contribution in [-0.2, 0) is 28.0 Å². The predicted molar refractivity (Wildman–Crippen MR) is 236 cm³/mol. The minimum absolute atomic E-state index is 0.00667. The predicted octanol–water partition coefficient (Wildman–Crippen LogP) is 6.33. The number of nitrogens with one attached hydrogen (secondary N) is 3. The van der Waals surface area contributed by atoms with Crippen molar-refractivity contribution in [1.82, 2.24) is 29.4 Å². The third kappa shape index (κ3) is 7.72. The average molecular weight is 893 g/mol. The number of carbonyl (C=O) groups excluding carboxylic acids is 3. The number of aromatic nitrogens is 2. The van der Waals surface area contributed by atoms with E-state index in [4.69, 9.17) is 0 Å². The van der Waals surface area contributed by atoms with Gasteiger partial charge in [0.1, 0.15) is 23.7 Å². The lowest BCUT2D eigenvalue weighted by molar-refractivity contribution is -0.126. The summed E-state index contributed by atoms with van der Waals surface area (Å²) < 4.78 is 73.1. The number of aromatic amines is 1. The molecule has 1 spiro atoms. The van der Waals surface area contributed by atoms with Crippen molar-refractivity contribution in [2.45, 2.75) is 57.3 Å². The van der Waals surface area contributed by atoms with Crippen molar-refractivity contribution in [3.8, 4) is 11.1 Å². The summed E-state index contributed by atoms with van der Waals surface area (Å²) in [6.45, 7) is 8.84. The lowest BCUT2D eigenvalue weighted by atomic mass is 9.78. The summed E-state index contributed by atoms with van der Waals surface area (Å²) in [6.07, 6.45) is 5.97. The molecule has 0 saturated carbocycles. The quantitative estimate of drug-likeness (QED) is 0.123. The Balaban J connectivity index is 0.739. The molecule has 2 amide bonds. The van der Waals surface area contributed by atoms with Gasteiger partial charge in [-0.25, -0.2) is 18.2 Å². The Labute approximate surface area is 368 Å². The van der Waals surface area contributed by atoms with Crippen molar-refractivity contribution in [2.24, 2.45) is 5.41 Å². The molecule has 2 aromatic heterocycles. The van der Waals surface area contributed by atoms with E-state index in [0.29, 0.717) is 47.2 Å². The fourth-order valence-electron chi connectivity index (χ4n) is 10.1. The molecule has 4 saturated heterocycles. The molecule has 1 unspecified atom stereocenters. The second-order valence-electron chi connectivity index (χ2n) is 17.9. The normalized spacial score (nSPS) is 21.2. The molecule has 5 aromatic rings.